The predicted molar refractivity (Wildman–Crippen MR) is 69.8 cm³/mol. The Hall–Kier alpha value is -1.31. The van der Waals surface area contributed by atoms with Crippen LogP contribution >= 0.6 is 0 Å². The van der Waals surface area contributed by atoms with Gasteiger partial charge in [-0.2, -0.15) is 0 Å². The molecule has 0 saturated heterocycles. The van der Waals surface area contributed by atoms with Gasteiger partial charge in [0.05, 0.1) is 0 Å². The highest BCUT2D eigenvalue weighted by Crippen LogP contribution is 2.23. The van der Waals surface area contributed by atoms with Gasteiger partial charge >= 0.3 is 5.97 Å². The lowest BCUT2D eigenvalue weighted by Gasteiger charge is -2.28. The Balaban J connectivity index is 2.54. The second-order valence-corrected chi connectivity index (χ2v) is 4.62. The van der Waals surface area contributed by atoms with E-state index in [1.807, 2.05) is 32.0 Å². The van der Waals surface area contributed by atoms with Crippen LogP contribution in [0, 0.1) is 0 Å². The molecule has 1 unspecified atom stereocenters. The first-order valence-corrected chi connectivity index (χ1v) is 6.35. The molecular weight excluding hydrogens is 212 g/mol. The van der Waals surface area contributed by atoms with Crippen LogP contribution in [0.1, 0.15) is 45.6 Å². The summed E-state index contributed by atoms with van der Waals surface area (Å²) in [5.41, 5.74) is 0.961. The molecule has 1 rings (SSSR count). The summed E-state index contributed by atoms with van der Waals surface area (Å²) in [6, 6.07) is 10.3. The smallest absolute Gasteiger partial charge is 0.306 e. The molecule has 0 heterocycles. The molecule has 2 heteroatoms. The van der Waals surface area contributed by atoms with Crippen molar-refractivity contribution in [2.45, 2.75) is 52.1 Å². The summed E-state index contributed by atoms with van der Waals surface area (Å²) in [7, 11) is 0. The van der Waals surface area contributed by atoms with Gasteiger partial charge in [-0.15, -0.1) is 0 Å². The maximum Gasteiger partial charge on any atom is 0.306 e. The van der Waals surface area contributed by atoms with Crippen LogP contribution in [0.25, 0.3) is 0 Å². The van der Waals surface area contributed by atoms with Crippen LogP contribution in [0.4, 0.5) is 0 Å². The first-order chi connectivity index (χ1) is 8.09. The number of carbonyl (C=O) groups is 1. The summed E-state index contributed by atoms with van der Waals surface area (Å²) in [6.07, 6.45) is 3.12. The molecule has 0 amide bonds. The van der Waals surface area contributed by atoms with Crippen LogP contribution in [0.15, 0.2) is 30.3 Å². The Labute approximate surface area is 104 Å². The zero-order valence-corrected chi connectivity index (χ0v) is 11.0. The van der Waals surface area contributed by atoms with Crippen LogP contribution in [0.2, 0.25) is 0 Å². The fraction of sp³-hybridized carbons (Fsp3) is 0.533. The van der Waals surface area contributed by atoms with Gasteiger partial charge in [0.25, 0.3) is 0 Å². The first-order valence-electron chi connectivity index (χ1n) is 6.35. The third-order valence-corrected chi connectivity index (χ3v) is 3.18. The van der Waals surface area contributed by atoms with Crippen molar-refractivity contribution in [3.8, 4) is 0 Å². The largest absolute Gasteiger partial charge is 0.459 e. The summed E-state index contributed by atoms with van der Waals surface area (Å²) in [5.74, 6) is -0.109. The van der Waals surface area contributed by atoms with Gasteiger partial charge in [0.1, 0.15) is 5.60 Å². The predicted octanol–water partition coefficient (Wildman–Crippen LogP) is 3.74. The SMILES string of the molecule is CCC(=O)OC(C)(CC)CCc1ccccc1. The minimum atomic E-state index is -0.330. The first kappa shape index (κ1) is 13.8. The Morgan fingerprint density at radius 1 is 1.24 bits per heavy atom. The average Bonchev–Trinajstić information content (AvgIpc) is 2.37. The zero-order chi connectivity index (χ0) is 12.7. The number of carbonyl (C=O) groups excluding carboxylic acids is 1. The molecule has 2 nitrogen and oxygen atoms in total. The van der Waals surface area contributed by atoms with E-state index in [4.69, 9.17) is 4.74 Å². The molecule has 0 aliphatic carbocycles. The fourth-order valence-electron chi connectivity index (χ4n) is 1.70. The fourth-order valence-corrected chi connectivity index (χ4v) is 1.70. The van der Waals surface area contributed by atoms with Crippen molar-refractivity contribution in [3.63, 3.8) is 0 Å². The molecule has 0 aromatic heterocycles. The number of ether oxygens (including phenoxy) is 1. The summed E-state index contributed by atoms with van der Waals surface area (Å²) in [4.78, 5) is 11.4. The number of rotatable bonds is 6. The molecule has 1 atom stereocenters. The molecule has 1 aromatic rings. The standard InChI is InChI=1S/C15H22O2/c1-4-14(16)17-15(3,5-2)12-11-13-9-7-6-8-10-13/h6-10H,4-5,11-12H2,1-3H3. The molecular formula is C15H22O2. The molecule has 0 aliphatic heterocycles. The van der Waals surface area contributed by atoms with E-state index in [0.717, 1.165) is 19.3 Å². The normalized spacial score (nSPS) is 14.1. The molecule has 0 bridgehead atoms. The lowest BCUT2D eigenvalue weighted by molar-refractivity contribution is -0.158. The van der Waals surface area contributed by atoms with Gasteiger partial charge in [-0.1, -0.05) is 44.2 Å². The summed E-state index contributed by atoms with van der Waals surface area (Å²) in [6.45, 7) is 5.91. The van der Waals surface area contributed by atoms with Crippen molar-refractivity contribution in [2.24, 2.45) is 0 Å². The lowest BCUT2D eigenvalue weighted by Crippen LogP contribution is -2.31. The van der Waals surface area contributed by atoms with E-state index >= 15 is 0 Å². The van der Waals surface area contributed by atoms with Crippen molar-refractivity contribution in [3.05, 3.63) is 35.9 Å². The lowest BCUT2D eigenvalue weighted by atomic mass is 9.94. The van der Waals surface area contributed by atoms with Crippen LogP contribution in [-0.4, -0.2) is 11.6 Å². The molecule has 0 spiro atoms. The highest BCUT2D eigenvalue weighted by atomic mass is 16.6. The van der Waals surface area contributed by atoms with Crippen molar-refractivity contribution >= 4 is 5.97 Å². The van der Waals surface area contributed by atoms with E-state index in [-0.39, 0.29) is 11.6 Å². The van der Waals surface area contributed by atoms with Crippen LogP contribution < -0.4 is 0 Å². The Kier molecular flexibility index (Phi) is 5.20. The van der Waals surface area contributed by atoms with E-state index in [0.29, 0.717) is 6.42 Å². The van der Waals surface area contributed by atoms with Gasteiger partial charge in [0, 0.05) is 6.42 Å². The van der Waals surface area contributed by atoms with Gasteiger partial charge in [0.2, 0.25) is 0 Å². The number of benzene rings is 1. The third-order valence-electron chi connectivity index (χ3n) is 3.18. The monoisotopic (exact) mass is 234 g/mol. The summed E-state index contributed by atoms with van der Waals surface area (Å²) < 4.78 is 5.52. The Morgan fingerprint density at radius 2 is 1.88 bits per heavy atom. The highest BCUT2D eigenvalue weighted by Gasteiger charge is 2.25. The van der Waals surface area contributed by atoms with Gasteiger partial charge < -0.3 is 4.74 Å². The highest BCUT2D eigenvalue weighted by molar-refractivity contribution is 5.69. The molecule has 17 heavy (non-hydrogen) atoms. The molecule has 94 valence electrons. The minimum absolute atomic E-state index is 0.109. The van der Waals surface area contributed by atoms with E-state index in [1.54, 1.807) is 0 Å². The van der Waals surface area contributed by atoms with Crippen molar-refractivity contribution in [2.75, 3.05) is 0 Å². The zero-order valence-electron chi connectivity index (χ0n) is 11.0. The molecule has 1 aromatic carbocycles. The number of aryl methyl sites for hydroxylation is 1. The van der Waals surface area contributed by atoms with Crippen LogP contribution in [-0.2, 0) is 16.0 Å². The summed E-state index contributed by atoms with van der Waals surface area (Å²) in [5, 5.41) is 0. The van der Waals surface area contributed by atoms with Crippen LogP contribution in [0.5, 0.6) is 0 Å². The second kappa shape index (κ2) is 6.43. The topological polar surface area (TPSA) is 26.3 Å². The maximum absolute atomic E-state index is 11.4. The van der Waals surface area contributed by atoms with Gasteiger partial charge in [0.15, 0.2) is 0 Å². The maximum atomic E-state index is 11.4. The quantitative estimate of drug-likeness (QED) is 0.701. The van der Waals surface area contributed by atoms with Gasteiger partial charge in [-0.3, -0.25) is 4.79 Å². The van der Waals surface area contributed by atoms with Crippen molar-refractivity contribution < 1.29 is 9.53 Å². The van der Waals surface area contributed by atoms with Gasteiger partial charge in [-0.05, 0) is 31.7 Å². The van der Waals surface area contributed by atoms with E-state index < -0.39 is 0 Å². The Morgan fingerprint density at radius 3 is 2.41 bits per heavy atom. The molecule has 0 aliphatic rings. The average molecular weight is 234 g/mol. The minimum Gasteiger partial charge on any atom is -0.459 e. The second-order valence-electron chi connectivity index (χ2n) is 4.62. The summed E-state index contributed by atoms with van der Waals surface area (Å²) >= 11 is 0. The Bertz CT molecular complexity index is 345. The number of hydrogen-bond acceptors (Lipinski definition) is 2. The number of esters is 1. The number of hydrogen-bond donors (Lipinski definition) is 0. The molecule has 0 fully saturated rings. The molecule has 0 radical (unpaired) electrons. The van der Waals surface area contributed by atoms with Gasteiger partial charge in [-0.25, -0.2) is 0 Å². The third kappa shape index (κ3) is 4.59. The van der Waals surface area contributed by atoms with E-state index in [1.165, 1.54) is 5.56 Å². The molecule has 0 N–H and O–H groups in total. The van der Waals surface area contributed by atoms with E-state index in [2.05, 4.69) is 19.1 Å². The van der Waals surface area contributed by atoms with Crippen molar-refractivity contribution in [1.29, 1.82) is 0 Å². The van der Waals surface area contributed by atoms with E-state index in [9.17, 15) is 4.79 Å². The van der Waals surface area contributed by atoms with Crippen molar-refractivity contribution in [1.82, 2.24) is 0 Å². The van der Waals surface area contributed by atoms with Crippen LogP contribution in [0.3, 0.4) is 0 Å². The molecule has 0 saturated carbocycles.